The maximum Gasteiger partial charge on any atom is 0.261 e. The van der Waals surface area contributed by atoms with Gasteiger partial charge in [0, 0.05) is 0 Å². The Hall–Kier alpha value is -1.82. The topological polar surface area (TPSA) is 67.8 Å². The first kappa shape index (κ1) is 13.6. The van der Waals surface area contributed by atoms with Crippen LogP contribution in [0.5, 0.6) is 5.75 Å². The molecule has 1 heterocycles. The van der Waals surface area contributed by atoms with Crippen molar-refractivity contribution in [2.45, 2.75) is 18.6 Å². The smallest absolute Gasteiger partial charge is 0.261 e. The molecule has 0 fully saturated rings. The lowest BCUT2D eigenvalue weighted by molar-refractivity contribution is -0.119. The first-order valence-electron chi connectivity index (χ1n) is 5.80. The molecule has 0 aliphatic carbocycles. The van der Waals surface area contributed by atoms with Crippen molar-refractivity contribution in [3.8, 4) is 5.75 Å². The molecule has 100 valence electrons. The lowest BCUT2D eigenvalue weighted by Crippen LogP contribution is -2.29. The SMILES string of the molecule is COc1ccc(CC(=O)NC2=NC(=O)[C@H](C)S2)cc1. The van der Waals surface area contributed by atoms with Crippen LogP contribution in [0, 0.1) is 0 Å². The third-order valence-electron chi connectivity index (χ3n) is 2.62. The van der Waals surface area contributed by atoms with Crippen molar-refractivity contribution < 1.29 is 14.3 Å². The first-order chi connectivity index (χ1) is 9.08. The van der Waals surface area contributed by atoms with Gasteiger partial charge >= 0.3 is 0 Å². The van der Waals surface area contributed by atoms with Crippen LogP contribution in [0.2, 0.25) is 0 Å². The lowest BCUT2D eigenvalue weighted by Gasteiger charge is -2.05. The van der Waals surface area contributed by atoms with Gasteiger partial charge in [0.2, 0.25) is 5.91 Å². The molecule has 1 aromatic carbocycles. The minimum Gasteiger partial charge on any atom is -0.497 e. The van der Waals surface area contributed by atoms with Gasteiger partial charge in [-0.05, 0) is 24.6 Å². The van der Waals surface area contributed by atoms with E-state index in [1.807, 2.05) is 12.1 Å². The predicted molar refractivity (Wildman–Crippen MR) is 74.3 cm³/mol. The fourth-order valence-electron chi connectivity index (χ4n) is 1.58. The third-order valence-corrected chi connectivity index (χ3v) is 3.59. The third kappa shape index (κ3) is 3.57. The van der Waals surface area contributed by atoms with E-state index in [1.165, 1.54) is 11.8 Å². The average Bonchev–Trinajstić information content (AvgIpc) is 2.69. The molecule has 19 heavy (non-hydrogen) atoms. The summed E-state index contributed by atoms with van der Waals surface area (Å²) in [6, 6.07) is 7.26. The van der Waals surface area contributed by atoms with Gasteiger partial charge in [0.1, 0.15) is 5.75 Å². The molecule has 2 amide bonds. The van der Waals surface area contributed by atoms with Crippen LogP contribution >= 0.6 is 11.8 Å². The number of nitrogens with one attached hydrogen (secondary N) is 1. The molecular weight excluding hydrogens is 264 g/mol. The normalized spacial score (nSPS) is 18.1. The van der Waals surface area contributed by atoms with E-state index in [0.29, 0.717) is 5.17 Å². The second-order valence-corrected chi connectivity index (χ2v) is 5.42. The zero-order valence-corrected chi connectivity index (χ0v) is 11.5. The minimum absolute atomic E-state index is 0.182. The van der Waals surface area contributed by atoms with Crippen molar-refractivity contribution in [1.82, 2.24) is 5.32 Å². The highest BCUT2D eigenvalue weighted by Crippen LogP contribution is 2.20. The van der Waals surface area contributed by atoms with Crippen molar-refractivity contribution in [2.24, 2.45) is 4.99 Å². The molecule has 0 unspecified atom stereocenters. The number of hydrogen-bond donors (Lipinski definition) is 1. The number of amidine groups is 1. The molecule has 1 aliphatic heterocycles. The molecule has 2 rings (SSSR count). The summed E-state index contributed by atoms with van der Waals surface area (Å²) in [4.78, 5) is 26.8. The number of ether oxygens (including phenoxy) is 1. The van der Waals surface area contributed by atoms with E-state index >= 15 is 0 Å². The molecule has 0 aromatic heterocycles. The van der Waals surface area contributed by atoms with Gasteiger partial charge in [-0.1, -0.05) is 23.9 Å². The van der Waals surface area contributed by atoms with Gasteiger partial charge in [0.05, 0.1) is 18.8 Å². The molecule has 0 bridgehead atoms. The maximum absolute atomic E-state index is 11.8. The summed E-state index contributed by atoms with van der Waals surface area (Å²) < 4.78 is 5.04. The quantitative estimate of drug-likeness (QED) is 0.906. The second kappa shape index (κ2) is 5.88. The number of methoxy groups -OCH3 is 1. The van der Waals surface area contributed by atoms with E-state index < -0.39 is 0 Å². The Kier molecular flexibility index (Phi) is 4.21. The van der Waals surface area contributed by atoms with Crippen LogP contribution in [0.3, 0.4) is 0 Å². The number of carbonyl (C=O) groups excluding carboxylic acids is 2. The van der Waals surface area contributed by atoms with Crippen LogP contribution in [-0.4, -0.2) is 29.3 Å². The minimum atomic E-state index is -0.212. The highest BCUT2D eigenvalue weighted by molar-refractivity contribution is 8.15. The van der Waals surface area contributed by atoms with Crippen molar-refractivity contribution >= 4 is 28.7 Å². The number of aliphatic imine (C=N–C) groups is 1. The molecule has 0 spiro atoms. The molecule has 6 heteroatoms. The maximum atomic E-state index is 11.8. The largest absolute Gasteiger partial charge is 0.497 e. The fraction of sp³-hybridized carbons (Fsp3) is 0.308. The monoisotopic (exact) mass is 278 g/mol. The summed E-state index contributed by atoms with van der Waals surface area (Å²) in [6.07, 6.45) is 0.242. The Morgan fingerprint density at radius 2 is 2.11 bits per heavy atom. The number of nitrogens with zero attached hydrogens (tertiary/aromatic N) is 1. The van der Waals surface area contributed by atoms with E-state index in [-0.39, 0.29) is 23.5 Å². The number of benzene rings is 1. The second-order valence-electron chi connectivity index (χ2n) is 4.09. The van der Waals surface area contributed by atoms with Crippen LogP contribution < -0.4 is 10.1 Å². The molecular formula is C13H14N2O3S. The van der Waals surface area contributed by atoms with E-state index in [1.54, 1.807) is 26.2 Å². The Balaban J connectivity index is 1.91. The summed E-state index contributed by atoms with van der Waals surface area (Å²) in [5.41, 5.74) is 0.876. The number of rotatable bonds is 3. The molecule has 0 saturated heterocycles. The van der Waals surface area contributed by atoms with Crippen LogP contribution in [0.4, 0.5) is 0 Å². The Morgan fingerprint density at radius 3 is 2.63 bits per heavy atom. The molecule has 0 saturated carbocycles. The van der Waals surface area contributed by atoms with E-state index in [4.69, 9.17) is 4.74 Å². The molecule has 1 N–H and O–H groups in total. The van der Waals surface area contributed by atoms with Crippen LogP contribution in [0.25, 0.3) is 0 Å². The van der Waals surface area contributed by atoms with Gasteiger partial charge in [0.25, 0.3) is 5.91 Å². The highest BCUT2D eigenvalue weighted by atomic mass is 32.2. The van der Waals surface area contributed by atoms with Gasteiger partial charge in [-0.15, -0.1) is 0 Å². The summed E-state index contributed by atoms with van der Waals surface area (Å²) in [7, 11) is 1.59. The zero-order valence-electron chi connectivity index (χ0n) is 10.7. The Bertz CT molecular complexity index is 525. The summed E-state index contributed by atoms with van der Waals surface area (Å²) in [5, 5.41) is 2.81. The number of thioether (sulfide) groups is 1. The lowest BCUT2D eigenvalue weighted by atomic mass is 10.1. The average molecular weight is 278 g/mol. The van der Waals surface area contributed by atoms with Gasteiger partial charge in [-0.2, -0.15) is 4.99 Å². The Labute approximate surface area is 115 Å². The summed E-state index contributed by atoms with van der Waals surface area (Å²) in [5.74, 6) is 0.363. The molecule has 1 aliphatic rings. The van der Waals surface area contributed by atoms with Crippen molar-refractivity contribution in [1.29, 1.82) is 0 Å². The number of carbonyl (C=O) groups is 2. The van der Waals surface area contributed by atoms with E-state index in [9.17, 15) is 9.59 Å². The predicted octanol–water partition coefficient (Wildman–Crippen LogP) is 1.37. The van der Waals surface area contributed by atoms with Crippen molar-refractivity contribution in [3.63, 3.8) is 0 Å². The van der Waals surface area contributed by atoms with Gasteiger partial charge in [-0.3, -0.25) is 9.59 Å². The Morgan fingerprint density at radius 1 is 1.42 bits per heavy atom. The van der Waals surface area contributed by atoms with Crippen molar-refractivity contribution in [3.05, 3.63) is 29.8 Å². The molecule has 5 nitrogen and oxygen atoms in total. The van der Waals surface area contributed by atoms with E-state index in [2.05, 4.69) is 10.3 Å². The standard InChI is InChI=1S/C13H14N2O3S/c1-8-12(17)15-13(19-8)14-11(16)7-9-3-5-10(18-2)6-4-9/h3-6,8H,7H2,1-2H3,(H,14,15,16,17)/t8-/m0/s1. The molecule has 1 atom stereocenters. The van der Waals surface area contributed by atoms with E-state index in [0.717, 1.165) is 11.3 Å². The molecule has 0 radical (unpaired) electrons. The number of hydrogen-bond acceptors (Lipinski definition) is 4. The van der Waals surface area contributed by atoms with Crippen LogP contribution in [-0.2, 0) is 16.0 Å². The van der Waals surface area contributed by atoms with Crippen molar-refractivity contribution in [2.75, 3.05) is 7.11 Å². The first-order valence-corrected chi connectivity index (χ1v) is 6.68. The highest BCUT2D eigenvalue weighted by Gasteiger charge is 2.24. The van der Waals surface area contributed by atoms with Crippen LogP contribution in [0.15, 0.2) is 29.3 Å². The summed E-state index contributed by atoms with van der Waals surface area (Å²) in [6.45, 7) is 1.76. The van der Waals surface area contributed by atoms with Gasteiger partial charge < -0.3 is 10.1 Å². The van der Waals surface area contributed by atoms with Crippen LogP contribution in [0.1, 0.15) is 12.5 Å². The molecule has 1 aromatic rings. The fourth-order valence-corrected chi connectivity index (χ4v) is 2.39. The zero-order chi connectivity index (χ0) is 13.8. The number of amides is 2. The summed E-state index contributed by atoms with van der Waals surface area (Å²) >= 11 is 1.27. The van der Waals surface area contributed by atoms with Gasteiger partial charge in [0.15, 0.2) is 5.17 Å². The van der Waals surface area contributed by atoms with Gasteiger partial charge in [-0.25, -0.2) is 0 Å².